The fourth-order valence-electron chi connectivity index (χ4n) is 3.18. The third kappa shape index (κ3) is 3.05. The van der Waals surface area contributed by atoms with Crippen LogP contribution in [0.1, 0.15) is 5.56 Å². The Bertz CT molecular complexity index is 606. The van der Waals surface area contributed by atoms with E-state index in [1.807, 2.05) is 0 Å². The average molecular weight is 314 g/mol. The van der Waals surface area contributed by atoms with Gasteiger partial charge in [-0.1, -0.05) is 86.3 Å². The first-order valence-corrected chi connectivity index (χ1v) is 13.5. The predicted octanol–water partition coefficient (Wildman–Crippen LogP) is 3.45. The molecule has 2 rings (SSSR count). The van der Waals surface area contributed by atoms with Crippen molar-refractivity contribution in [2.24, 2.45) is 0 Å². The molecule has 2 aromatic rings. The zero-order valence-corrected chi connectivity index (χ0v) is 16.1. The molecule has 3 heteroatoms. The smallest absolute Gasteiger partial charge is 0.148 e. The van der Waals surface area contributed by atoms with Gasteiger partial charge in [0.15, 0.2) is 0 Å². The molecule has 0 spiro atoms. The molecule has 21 heavy (non-hydrogen) atoms. The van der Waals surface area contributed by atoms with Crippen molar-refractivity contribution in [1.82, 2.24) is 4.23 Å². The highest BCUT2D eigenvalue weighted by atomic mass is 28.4. The van der Waals surface area contributed by atoms with Crippen LogP contribution in [-0.2, 0) is 0 Å². The van der Waals surface area contributed by atoms with E-state index in [0.29, 0.717) is 0 Å². The minimum Gasteiger partial charge on any atom is -0.341 e. The summed E-state index contributed by atoms with van der Waals surface area (Å²) in [5, 5.41) is 3.07. The Morgan fingerprint density at radius 2 is 1.24 bits per heavy atom. The van der Waals surface area contributed by atoms with Gasteiger partial charge in [0, 0.05) is 0 Å². The van der Waals surface area contributed by atoms with E-state index in [4.69, 9.17) is 0 Å². The van der Waals surface area contributed by atoms with Gasteiger partial charge in [0.05, 0.1) is 0 Å². The minimum atomic E-state index is -1.65. The largest absolute Gasteiger partial charge is 0.341 e. The number of hydrogen-bond donors (Lipinski definition) is 0. The fraction of sp³-hybridized carbons (Fsp3) is 0.333. The van der Waals surface area contributed by atoms with Gasteiger partial charge in [-0.05, 0) is 24.3 Å². The van der Waals surface area contributed by atoms with Gasteiger partial charge in [-0.25, -0.2) is 0 Å². The number of nitrogens with zero attached hydrogens (tertiary/aromatic N) is 1. The second-order valence-electron chi connectivity index (χ2n) is 6.86. The van der Waals surface area contributed by atoms with Crippen LogP contribution in [0.4, 0.5) is 0 Å². The molecule has 0 bridgehead atoms. The maximum atomic E-state index is 2.75. The first-order valence-electron chi connectivity index (χ1n) is 7.63. The first kappa shape index (κ1) is 16.2. The fourth-order valence-corrected chi connectivity index (χ4v) is 12.8. The van der Waals surface area contributed by atoms with Crippen LogP contribution < -0.4 is 10.4 Å². The molecule has 0 fully saturated rings. The van der Waals surface area contributed by atoms with Crippen molar-refractivity contribution in [3.8, 4) is 0 Å². The van der Waals surface area contributed by atoms with E-state index in [1.165, 1.54) is 10.8 Å². The number of benzene rings is 2. The van der Waals surface area contributed by atoms with Crippen molar-refractivity contribution < 1.29 is 0 Å². The summed E-state index contributed by atoms with van der Waals surface area (Å²) in [6, 6.07) is 19.9. The van der Waals surface area contributed by atoms with Gasteiger partial charge in [0.25, 0.3) is 0 Å². The van der Waals surface area contributed by atoms with E-state index in [9.17, 15) is 0 Å². The summed E-state index contributed by atoms with van der Waals surface area (Å²) < 4.78 is 2.75. The molecule has 0 radical (unpaired) electrons. The van der Waals surface area contributed by atoms with Crippen molar-refractivity contribution in [3.05, 3.63) is 60.2 Å². The van der Waals surface area contributed by atoms with Gasteiger partial charge >= 0.3 is 0 Å². The number of aryl methyl sites for hydroxylation is 1. The first-order chi connectivity index (χ1) is 9.78. The van der Waals surface area contributed by atoms with Crippen molar-refractivity contribution in [2.45, 2.75) is 33.1 Å². The summed E-state index contributed by atoms with van der Waals surface area (Å²) in [5.74, 6) is 0. The summed E-state index contributed by atoms with van der Waals surface area (Å²) >= 11 is 0. The molecular formula is C18H27NSi2. The predicted molar refractivity (Wildman–Crippen MR) is 99.6 cm³/mol. The van der Waals surface area contributed by atoms with Gasteiger partial charge in [-0.3, -0.25) is 0 Å². The quantitative estimate of drug-likeness (QED) is 0.782. The normalized spacial score (nSPS) is 12.7. The molecule has 0 N–H and O–H groups in total. The molecular weight excluding hydrogens is 286 g/mol. The molecule has 0 aromatic heterocycles. The lowest BCUT2D eigenvalue weighted by Crippen LogP contribution is -2.70. The molecule has 0 atom stereocenters. The van der Waals surface area contributed by atoms with E-state index < -0.39 is 16.5 Å². The summed E-state index contributed by atoms with van der Waals surface area (Å²) in [7, 11) is -0.934. The zero-order valence-electron chi connectivity index (χ0n) is 14.1. The average Bonchev–Trinajstić information content (AvgIpc) is 2.47. The highest BCUT2D eigenvalue weighted by Gasteiger charge is 2.40. The Morgan fingerprint density at radius 3 is 1.81 bits per heavy atom. The van der Waals surface area contributed by atoms with Gasteiger partial charge < -0.3 is 4.23 Å². The Labute approximate surface area is 131 Å². The number of rotatable bonds is 4. The summed E-state index contributed by atoms with van der Waals surface area (Å²) in [6.45, 7) is 12.1. The van der Waals surface area contributed by atoms with Crippen LogP contribution in [0.3, 0.4) is 0 Å². The molecule has 0 aliphatic heterocycles. The molecule has 112 valence electrons. The lowest BCUT2D eigenvalue weighted by atomic mass is 10.2. The monoisotopic (exact) mass is 313 g/mol. The Morgan fingerprint density at radius 1 is 0.714 bits per heavy atom. The third-order valence-electron chi connectivity index (χ3n) is 4.96. The van der Waals surface area contributed by atoms with Gasteiger partial charge in [-0.15, -0.1) is 0 Å². The van der Waals surface area contributed by atoms with Crippen LogP contribution in [0.5, 0.6) is 0 Å². The molecule has 1 nitrogen and oxygen atoms in total. The maximum Gasteiger partial charge on any atom is 0.148 e. The molecule has 0 saturated heterocycles. The maximum absolute atomic E-state index is 2.75. The SMILES string of the molecule is Cc1ccccc1[Si](C)(C)N(C)[Si](C)(C)c1ccccc1. The lowest BCUT2D eigenvalue weighted by Gasteiger charge is -2.45. The Balaban J connectivity index is 2.43. The van der Waals surface area contributed by atoms with E-state index in [1.54, 1.807) is 5.19 Å². The topological polar surface area (TPSA) is 3.24 Å². The van der Waals surface area contributed by atoms with Gasteiger partial charge in [0.1, 0.15) is 16.5 Å². The Kier molecular flexibility index (Phi) is 4.56. The molecule has 2 aromatic carbocycles. The molecule has 0 saturated carbocycles. The van der Waals surface area contributed by atoms with Crippen LogP contribution >= 0.6 is 0 Å². The van der Waals surface area contributed by atoms with Crippen LogP contribution in [0, 0.1) is 6.92 Å². The summed E-state index contributed by atoms with van der Waals surface area (Å²) in [4.78, 5) is 0. The third-order valence-corrected chi connectivity index (χ3v) is 15.3. The van der Waals surface area contributed by atoms with Gasteiger partial charge in [0.2, 0.25) is 0 Å². The molecule has 0 amide bonds. The number of hydrogen-bond acceptors (Lipinski definition) is 1. The summed E-state index contributed by atoms with van der Waals surface area (Å²) in [6.07, 6.45) is 0. The van der Waals surface area contributed by atoms with E-state index in [2.05, 4.69) is 99.0 Å². The highest BCUT2D eigenvalue weighted by Crippen LogP contribution is 2.19. The molecule has 0 aliphatic rings. The lowest BCUT2D eigenvalue weighted by molar-refractivity contribution is 0.773. The van der Waals surface area contributed by atoms with Crippen LogP contribution in [0.15, 0.2) is 54.6 Å². The molecule has 0 unspecified atom stereocenters. The van der Waals surface area contributed by atoms with Crippen LogP contribution in [0.25, 0.3) is 0 Å². The zero-order chi connectivity index (χ0) is 15.7. The van der Waals surface area contributed by atoms with Crippen molar-refractivity contribution in [2.75, 3.05) is 7.05 Å². The van der Waals surface area contributed by atoms with Crippen molar-refractivity contribution in [1.29, 1.82) is 0 Å². The molecule has 0 aliphatic carbocycles. The van der Waals surface area contributed by atoms with E-state index >= 15 is 0 Å². The Hall–Kier alpha value is -1.17. The highest BCUT2D eigenvalue weighted by molar-refractivity contribution is 7.02. The second-order valence-corrected chi connectivity index (χ2v) is 16.0. The summed E-state index contributed by atoms with van der Waals surface area (Å²) in [5.41, 5.74) is 1.43. The van der Waals surface area contributed by atoms with Crippen molar-refractivity contribution in [3.63, 3.8) is 0 Å². The second kappa shape index (κ2) is 5.91. The van der Waals surface area contributed by atoms with E-state index in [-0.39, 0.29) is 0 Å². The van der Waals surface area contributed by atoms with E-state index in [0.717, 1.165) is 0 Å². The van der Waals surface area contributed by atoms with Crippen LogP contribution in [0.2, 0.25) is 26.2 Å². The molecule has 0 heterocycles. The minimum absolute atomic E-state index is 1.43. The van der Waals surface area contributed by atoms with Crippen molar-refractivity contribution >= 4 is 26.8 Å². The van der Waals surface area contributed by atoms with Crippen LogP contribution in [-0.4, -0.2) is 27.7 Å². The van der Waals surface area contributed by atoms with Gasteiger partial charge in [-0.2, -0.15) is 0 Å². The standard InChI is InChI=1S/C18H27NSi2/c1-16-12-10-11-15-18(16)21(5,6)19(2)20(3,4)17-13-8-7-9-14-17/h7-15H,1-6H3.